The zero-order valence-electron chi connectivity index (χ0n) is 15.4. The molecular weight excluding hydrogens is 396 g/mol. The van der Waals surface area contributed by atoms with Crippen LogP contribution in [-0.4, -0.2) is 24.2 Å². The molecule has 0 saturated carbocycles. The molecule has 0 aliphatic heterocycles. The van der Waals surface area contributed by atoms with E-state index in [1.54, 1.807) is 25.1 Å². The van der Waals surface area contributed by atoms with Gasteiger partial charge in [-0.25, -0.2) is 0 Å². The lowest BCUT2D eigenvalue weighted by molar-refractivity contribution is -0.128. The van der Waals surface area contributed by atoms with Gasteiger partial charge < -0.3 is 4.74 Å². The summed E-state index contributed by atoms with van der Waals surface area (Å²) in [5.41, 5.74) is 5.04. The van der Waals surface area contributed by atoms with Crippen LogP contribution in [0.1, 0.15) is 17.3 Å². The van der Waals surface area contributed by atoms with Crippen molar-refractivity contribution in [3.8, 4) is 5.75 Å². The van der Waals surface area contributed by atoms with E-state index in [4.69, 9.17) is 16.3 Å². The second kappa shape index (κ2) is 8.99. The van der Waals surface area contributed by atoms with Crippen LogP contribution in [0.3, 0.4) is 0 Å². The third-order valence-corrected chi connectivity index (χ3v) is 5.18. The highest BCUT2D eigenvalue weighted by molar-refractivity contribution is 7.98. The number of amides is 2. The van der Waals surface area contributed by atoms with Gasteiger partial charge in [0.25, 0.3) is 11.8 Å². The molecule has 0 aliphatic rings. The number of rotatable bonds is 5. The Hall–Kier alpha value is -2.70. The maximum Gasteiger partial charge on any atom is 0.279 e. The topological polar surface area (TPSA) is 67.4 Å². The second-order valence-electron chi connectivity index (χ2n) is 6.06. The van der Waals surface area contributed by atoms with Crippen molar-refractivity contribution in [3.63, 3.8) is 0 Å². The summed E-state index contributed by atoms with van der Waals surface area (Å²) in [7, 11) is 0. The summed E-state index contributed by atoms with van der Waals surface area (Å²) >= 11 is 7.57. The van der Waals surface area contributed by atoms with Crippen molar-refractivity contribution >= 4 is 45.9 Å². The highest BCUT2D eigenvalue weighted by Crippen LogP contribution is 2.23. The van der Waals surface area contributed by atoms with E-state index >= 15 is 0 Å². The Morgan fingerprint density at radius 2 is 1.75 bits per heavy atom. The molecule has 144 valence electrons. The molecule has 2 N–H and O–H groups in total. The fraction of sp³-hybridized carbons (Fsp3) is 0.143. The normalized spacial score (nSPS) is 11.7. The van der Waals surface area contributed by atoms with Crippen LogP contribution >= 0.6 is 23.4 Å². The third kappa shape index (κ3) is 4.77. The van der Waals surface area contributed by atoms with Gasteiger partial charge in [-0.15, -0.1) is 11.8 Å². The van der Waals surface area contributed by atoms with Crippen LogP contribution in [0.15, 0.2) is 65.6 Å². The van der Waals surface area contributed by atoms with E-state index in [0.717, 1.165) is 15.7 Å². The van der Waals surface area contributed by atoms with Crippen LogP contribution < -0.4 is 15.6 Å². The predicted octanol–water partition coefficient (Wildman–Crippen LogP) is 4.44. The predicted molar refractivity (Wildman–Crippen MR) is 113 cm³/mol. The summed E-state index contributed by atoms with van der Waals surface area (Å²) in [6.45, 7) is 1.61. The van der Waals surface area contributed by atoms with Gasteiger partial charge in [0.05, 0.1) is 10.6 Å². The van der Waals surface area contributed by atoms with Crippen LogP contribution in [0.2, 0.25) is 5.02 Å². The lowest BCUT2D eigenvalue weighted by Gasteiger charge is -2.16. The average molecular weight is 415 g/mol. The molecule has 3 aromatic carbocycles. The molecule has 5 nitrogen and oxygen atoms in total. The number of carbonyl (C=O) groups excluding carboxylic acids is 2. The minimum atomic E-state index is -0.797. The van der Waals surface area contributed by atoms with Gasteiger partial charge in [0.2, 0.25) is 0 Å². The zero-order valence-corrected chi connectivity index (χ0v) is 16.9. The monoisotopic (exact) mass is 414 g/mol. The highest BCUT2D eigenvalue weighted by Gasteiger charge is 2.17. The van der Waals surface area contributed by atoms with Crippen molar-refractivity contribution < 1.29 is 14.3 Å². The van der Waals surface area contributed by atoms with E-state index in [1.165, 1.54) is 11.8 Å². The lowest BCUT2D eigenvalue weighted by atomic mass is 10.1. The summed E-state index contributed by atoms with van der Waals surface area (Å²) in [4.78, 5) is 25.5. The van der Waals surface area contributed by atoms with Crippen LogP contribution in [0.4, 0.5) is 0 Å². The van der Waals surface area contributed by atoms with Gasteiger partial charge in [-0.3, -0.25) is 20.4 Å². The first-order chi connectivity index (χ1) is 13.5. The fourth-order valence-corrected chi connectivity index (χ4v) is 3.23. The summed E-state index contributed by atoms with van der Waals surface area (Å²) in [5.74, 6) is -0.394. The largest absolute Gasteiger partial charge is 0.481 e. The van der Waals surface area contributed by atoms with Gasteiger partial charge in [0.15, 0.2) is 6.10 Å². The molecule has 0 fully saturated rings. The first-order valence-electron chi connectivity index (χ1n) is 8.57. The van der Waals surface area contributed by atoms with Gasteiger partial charge in [-0.05, 0) is 54.3 Å². The van der Waals surface area contributed by atoms with Crippen molar-refractivity contribution in [2.75, 3.05) is 6.26 Å². The zero-order chi connectivity index (χ0) is 20.1. The number of hydrogen-bond donors (Lipinski definition) is 2. The van der Waals surface area contributed by atoms with Crippen LogP contribution in [0, 0.1) is 0 Å². The molecule has 0 aromatic heterocycles. The molecule has 0 saturated heterocycles. The molecular formula is C21H19ClN2O3S. The van der Waals surface area contributed by atoms with E-state index in [1.807, 2.05) is 48.7 Å². The van der Waals surface area contributed by atoms with Gasteiger partial charge in [0, 0.05) is 4.90 Å². The molecule has 0 aliphatic carbocycles. The average Bonchev–Trinajstić information content (AvgIpc) is 2.72. The van der Waals surface area contributed by atoms with Crippen molar-refractivity contribution in [1.82, 2.24) is 10.9 Å². The molecule has 3 aromatic rings. The number of thioether (sulfide) groups is 1. The third-order valence-electron chi connectivity index (χ3n) is 4.12. The highest BCUT2D eigenvalue weighted by atomic mass is 35.5. The Morgan fingerprint density at radius 1 is 1.00 bits per heavy atom. The first kappa shape index (κ1) is 20.0. The van der Waals surface area contributed by atoms with Gasteiger partial charge >= 0.3 is 0 Å². The lowest BCUT2D eigenvalue weighted by Crippen LogP contribution is -2.47. The van der Waals surface area contributed by atoms with E-state index < -0.39 is 17.9 Å². The van der Waals surface area contributed by atoms with Gasteiger partial charge in [-0.2, -0.15) is 0 Å². The number of halogens is 1. The van der Waals surface area contributed by atoms with E-state index in [2.05, 4.69) is 10.9 Å². The van der Waals surface area contributed by atoms with E-state index in [-0.39, 0.29) is 5.56 Å². The Morgan fingerprint density at radius 3 is 2.50 bits per heavy atom. The molecule has 0 heterocycles. The Balaban J connectivity index is 1.60. The van der Waals surface area contributed by atoms with Crippen molar-refractivity contribution in [3.05, 3.63) is 71.2 Å². The van der Waals surface area contributed by atoms with Crippen molar-refractivity contribution in [1.29, 1.82) is 0 Å². The Bertz CT molecular complexity index is 1030. The SMILES string of the molecule is CSc1ccc(Cl)c(C(=O)NNC(=O)C(C)Oc2ccc3ccccc3c2)c1. The summed E-state index contributed by atoms with van der Waals surface area (Å²) in [5, 5.41) is 2.41. The Kier molecular flexibility index (Phi) is 6.44. The van der Waals surface area contributed by atoms with Crippen molar-refractivity contribution in [2.45, 2.75) is 17.9 Å². The molecule has 2 amide bonds. The maximum atomic E-state index is 12.3. The minimum Gasteiger partial charge on any atom is -0.481 e. The first-order valence-corrected chi connectivity index (χ1v) is 10.2. The maximum absolute atomic E-state index is 12.3. The molecule has 7 heteroatoms. The number of fused-ring (bicyclic) bond motifs is 1. The smallest absolute Gasteiger partial charge is 0.279 e. The van der Waals surface area contributed by atoms with Crippen LogP contribution in [0.5, 0.6) is 5.75 Å². The Labute approximate surface area is 172 Å². The number of ether oxygens (including phenoxy) is 1. The van der Waals surface area contributed by atoms with E-state index in [9.17, 15) is 9.59 Å². The summed E-state index contributed by atoms with van der Waals surface area (Å²) in [6, 6.07) is 18.6. The summed E-state index contributed by atoms with van der Waals surface area (Å²) in [6.07, 6.45) is 1.10. The van der Waals surface area contributed by atoms with Gasteiger partial charge in [-0.1, -0.05) is 41.9 Å². The second-order valence-corrected chi connectivity index (χ2v) is 7.35. The number of carbonyl (C=O) groups is 2. The standard InChI is InChI=1S/C21H19ClN2O3S/c1-13(27-16-8-7-14-5-3-4-6-15(14)11-16)20(25)23-24-21(26)18-12-17(28-2)9-10-19(18)22/h3-13H,1-2H3,(H,23,25)(H,24,26). The number of hydrogen-bond acceptors (Lipinski definition) is 4. The minimum absolute atomic E-state index is 0.289. The number of nitrogens with one attached hydrogen (secondary N) is 2. The van der Waals surface area contributed by atoms with Crippen molar-refractivity contribution in [2.24, 2.45) is 0 Å². The van der Waals surface area contributed by atoms with Crippen LogP contribution in [-0.2, 0) is 4.79 Å². The molecule has 1 unspecified atom stereocenters. The molecule has 28 heavy (non-hydrogen) atoms. The van der Waals surface area contributed by atoms with E-state index in [0.29, 0.717) is 10.8 Å². The van der Waals surface area contributed by atoms with Gasteiger partial charge in [0.1, 0.15) is 5.75 Å². The molecule has 1 atom stereocenters. The van der Waals surface area contributed by atoms with Crippen LogP contribution in [0.25, 0.3) is 10.8 Å². The number of hydrazine groups is 1. The quantitative estimate of drug-likeness (QED) is 0.478. The molecule has 3 rings (SSSR count). The fourth-order valence-electron chi connectivity index (χ4n) is 2.59. The molecule has 0 spiro atoms. The summed E-state index contributed by atoms with van der Waals surface area (Å²) < 4.78 is 5.69. The number of benzene rings is 3. The molecule has 0 bridgehead atoms. The molecule has 0 radical (unpaired) electrons.